The molecule has 3 rings (SSSR count). The molecule has 0 aliphatic carbocycles. The summed E-state index contributed by atoms with van der Waals surface area (Å²) in [4.78, 5) is 27.4. The highest BCUT2D eigenvalue weighted by atomic mass is 16.6. The first-order valence-electron chi connectivity index (χ1n) is 10.9. The number of carbonyl (C=O) groups excluding carboxylic acids is 2. The molecule has 2 aromatic rings. The average Bonchev–Trinajstić information content (AvgIpc) is 2.95. The van der Waals surface area contributed by atoms with Crippen LogP contribution in [0.1, 0.15) is 32.8 Å². The summed E-state index contributed by atoms with van der Waals surface area (Å²) in [6.45, 7) is 6.17. The molecule has 31 heavy (non-hydrogen) atoms. The Morgan fingerprint density at radius 2 is 1.58 bits per heavy atom. The Labute approximate surface area is 186 Å². The van der Waals surface area contributed by atoms with Gasteiger partial charge in [-0.3, -0.25) is 4.79 Å². The SMILES string of the molecule is CC(C)(C)OC(=O)N1C(=O)[C@H](C[N+](C)(C)C)CC1Cc1ccc(-c2ccccc2)cc1. The van der Waals surface area contributed by atoms with Crippen LogP contribution in [0.4, 0.5) is 4.79 Å². The maximum Gasteiger partial charge on any atom is 0.417 e. The third-order valence-corrected chi connectivity index (χ3v) is 5.40. The van der Waals surface area contributed by atoms with Gasteiger partial charge >= 0.3 is 6.09 Å². The van der Waals surface area contributed by atoms with Crippen molar-refractivity contribution in [2.45, 2.75) is 45.3 Å². The van der Waals surface area contributed by atoms with Crippen molar-refractivity contribution in [2.24, 2.45) is 5.92 Å². The molecule has 0 spiro atoms. The van der Waals surface area contributed by atoms with E-state index < -0.39 is 11.7 Å². The van der Waals surface area contributed by atoms with Crippen molar-refractivity contribution in [1.29, 1.82) is 0 Å². The topological polar surface area (TPSA) is 46.6 Å². The number of ether oxygens (including phenoxy) is 1. The van der Waals surface area contributed by atoms with E-state index in [0.29, 0.717) is 23.9 Å². The summed E-state index contributed by atoms with van der Waals surface area (Å²) in [6, 6.07) is 18.4. The van der Waals surface area contributed by atoms with Gasteiger partial charge in [-0.25, -0.2) is 9.69 Å². The molecule has 1 heterocycles. The van der Waals surface area contributed by atoms with Gasteiger partial charge in [0.05, 0.1) is 33.6 Å². The van der Waals surface area contributed by atoms with Crippen molar-refractivity contribution in [2.75, 3.05) is 27.7 Å². The smallest absolute Gasteiger partial charge is 0.417 e. The summed E-state index contributed by atoms with van der Waals surface area (Å²) in [5.74, 6) is -0.297. The zero-order valence-corrected chi connectivity index (χ0v) is 19.6. The third kappa shape index (κ3) is 6.17. The molecule has 1 saturated heterocycles. The first kappa shape index (κ1) is 23.0. The number of hydrogen-bond donors (Lipinski definition) is 0. The lowest BCUT2D eigenvalue weighted by molar-refractivity contribution is -0.872. The summed E-state index contributed by atoms with van der Waals surface area (Å²) in [5.41, 5.74) is 2.79. The standard InChI is InChI=1S/C26H35N2O3/c1-26(2,3)31-25(30)27-23(17-22(24(27)29)18-28(4,5)6)16-19-12-14-21(15-13-19)20-10-8-7-9-11-20/h7-15,22-23H,16-18H2,1-6H3/q+1/t22-,23?/m0/s1. The van der Waals surface area contributed by atoms with Crippen LogP contribution >= 0.6 is 0 Å². The molecule has 1 aliphatic rings. The number of hydrogen-bond acceptors (Lipinski definition) is 3. The molecule has 2 amide bonds. The third-order valence-electron chi connectivity index (χ3n) is 5.40. The number of carbonyl (C=O) groups is 2. The van der Waals surface area contributed by atoms with Gasteiger partial charge in [0.1, 0.15) is 5.60 Å². The molecular weight excluding hydrogens is 388 g/mol. The van der Waals surface area contributed by atoms with E-state index in [0.717, 1.165) is 11.1 Å². The number of likely N-dealkylation sites (tertiary alicyclic amines) is 1. The Morgan fingerprint density at radius 1 is 1.00 bits per heavy atom. The van der Waals surface area contributed by atoms with Crippen molar-refractivity contribution >= 4 is 12.0 Å². The van der Waals surface area contributed by atoms with Crippen LogP contribution in [-0.2, 0) is 16.0 Å². The van der Waals surface area contributed by atoms with Crippen molar-refractivity contribution in [3.63, 3.8) is 0 Å². The fourth-order valence-corrected chi connectivity index (χ4v) is 4.19. The molecular formula is C26H35N2O3+. The first-order valence-corrected chi connectivity index (χ1v) is 10.9. The zero-order chi connectivity index (χ0) is 22.8. The zero-order valence-electron chi connectivity index (χ0n) is 19.6. The van der Waals surface area contributed by atoms with E-state index in [1.54, 1.807) is 0 Å². The monoisotopic (exact) mass is 423 g/mol. The molecule has 1 unspecified atom stereocenters. The van der Waals surface area contributed by atoms with Crippen molar-refractivity contribution < 1.29 is 18.8 Å². The van der Waals surface area contributed by atoms with Gasteiger partial charge < -0.3 is 9.22 Å². The quantitative estimate of drug-likeness (QED) is 0.652. The summed E-state index contributed by atoms with van der Waals surface area (Å²) in [7, 11) is 6.21. The normalized spacial score (nSPS) is 19.5. The molecule has 1 aliphatic heterocycles. The second-order valence-electron chi connectivity index (χ2n) is 10.5. The Balaban J connectivity index is 1.80. The van der Waals surface area contributed by atoms with Gasteiger partial charge in [-0.2, -0.15) is 0 Å². The second kappa shape index (κ2) is 8.83. The van der Waals surface area contributed by atoms with Crippen molar-refractivity contribution in [3.05, 3.63) is 60.2 Å². The molecule has 0 bridgehead atoms. The minimum atomic E-state index is -0.641. The van der Waals surface area contributed by atoms with Crippen LogP contribution in [0.3, 0.4) is 0 Å². The van der Waals surface area contributed by atoms with E-state index in [1.165, 1.54) is 10.5 Å². The number of imide groups is 1. The highest BCUT2D eigenvalue weighted by molar-refractivity contribution is 5.95. The molecule has 0 aromatic heterocycles. The summed E-state index contributed by atoms with van der Waals surface area (Å²) in [5, 5.41) is 0. The van der Waals surface area contributed by atoms with Crippen LogP contribution in [-0.4, -0.2) is 60.7 Å². The highest BCUT2D eigenvalue weighted by Gasteiger charge is 2.46. The Morgan fingerprint density at radius 3 is 2.13 bits per heavy atom. The number of nitrogens with zero attached hydrogens (tertiary/aromatic N) is 2. The van der Waals surface area contributed by atoms with Gasteiger partial charge in [0, 0.05) is 6.04 Å². The second-order valence-corrected chi connectivity index (χ2v) is 10.5. The number of quaternary nitrogens is 1. The van der Waals surface area contributed by atoms with E-state index >= 15 is 0 Å². The Kier molecular flexibility index (Phi) is 6.56. The minimum absolute atomic E-state index is 0.117. The van der Waals surface area contributed by atoms with Gasteiger partial charge in [0.25, 0.3) is 0 Å². The van der Waals surface area contributed by atoms with Crippen LogP contribution < -0.4 is 0 Å². The van der Waals surface area contributed by atoms with Gasteiger partial charge in [0.15, 0.2) is 0 Å². The largest absolute Gasteiger partial charge is 0.443 e. The number of rotatable bonds is 5. The summed E-state index contributed by atoms with van der Waals surface area (Å²) >= 11 is 0. The van der Waals surface area contributed by atoms with Crippen LogP contribution in [0, 0.1) is 5.92 Å². The molecule has 5 nitrogen and oxygen atoms in total. The molecule has 5 heteroatoms. The van der Waals surface area contributed by atoms with Crippen LogP contribution in [0.5, 0.6) is 0 Å². The minimum Gasteiger partial charge on any atom is -0.443 e. The van der Waals surface area contributed by atoms with Gasteiger partial charge in [-0.05, 0) is 50.3 Å². The van der Waals surface area contributed by atoms with Crippen LogP contribution in [0.2, 0.25) is 0 Å². The fraction of sp³-hybridized carbons (Fsp3) is 0.462. The lowest BCUT2D eigenvalue weighted by atomic mass is 9.97. The summed E-state index contributed by atoms with van der Waals surface area (Å²) in [6.07, 6.45) is 0.758. The molecule has 1 fully saturated rings. The lowest BCUT2D eigenvalue weighted by Crippen LogP contribution is -2.45. The van der Waals surface area contributed by atoms with E-state index in [2.05, 4.69) is 57.5 Å². The predicted molar refractivity (Wildman–Crippen MR) is 123 cm³/mol. The van der Waals surface area contributed by atoms with E-state index in [-0.39, 0.29) is 17.9 Å². The van der Waals surface area contributed by atoms with Crippen LogP contribution in [0.15, 0.2) is 54.6 Å². The number of amides is 2. The van der Waals surface area contributed by atoms with E-state index in [1.807, 2.05) is 39.0 Å². The van der Waals surface area contributed by atoms with Gasteiger partial charge in [-0.15, -0.1) is 0 Å². The van der Waals surface area contributed by atoms with Crippen molar-refractivity contribution in [1.82, 2.24) is 4.90 Å². The van der Waals surface area contributed by atoms with Crippen molar-refractivity contribution in [3.8, 4) is 11.1 Å². The van der Waals surface area contributed by atoms with E-state index in [9.17, 15) is 9.59 Å². The molecule has 2 aromatic carbocycles. The first-order chi connectivity index (χ1) is 14.4. The molecule has 2 atom stereocenters. The fourth-order valence-electron chi connectivity index (χ4n) is 4.19. The van der Waals surface area contributed by atoms with Gasteiger partial charge in [0.2, 0.25) is 5.91 Å². The van der Waals surface area contributed by atoms with E-state index in [4.69, 9.17) is 4.74 Å². The Hall–Kier alpha value is -2.66. The maximum absolute atomic E-state index is 13.2. The molecule has 166 valence electrons. The number of benzene rings is 2. The average molecular weight is 424 g/mol. The Bertz CT molecular complexity index is 908. The summed E-state index contributed by atoms with van der Waals surface area (Å²) < 4.78 is 6.25. The van der Waals surface area contributed by atoms with Crippen LogP contribution in [0.25, 0.3) is 11.1 Å². The highest BCUT2D eigenvalue weighted by Crippen LogP contribution is 2.31. The maximum atomic E-state index is 13.2. The predicted octanol–water partition coefficient (Wildman–Crippen LogP) is 4.75. The molecule has 0 N–H and O–H groups in total. The molecule has 0 radical (unpaired) electrons. The van der Waals surface area contributed by atoms with Gasteiger partial charge in [-0.1, -0.05) is 54.6 Å². The lowest BCUT2D eigenvalue weighted by Gasteiger charge is -2.28. The molecule has 0 saturated carbocycles.